The summed E-state index contributed by atoms with van der Waals surface area (Å²) in [5, 5.41) is 11.6. The summed E-state index contributed by atoms with van der Waals surface area (Å²) in [6.45, 7) is 5.09. The van der Waals surface area contributed by atoms with Gasteiger partial charge in [0, 0.05) is 29.9 Å². The van der Waals surface area contributed by atoms with Crippen LogP contribution in [-0.4, -0.2) is 42.4 Å². The zero-order valence-corrected chi connectivity index (χ0v) is 15.8. The maximum absolute atomic E-state index is 12.4. The Kier molecular flexibility index (Phi) is 5.30. The van der Waals surface area contributed by atoms with Crippen LogP contribution in [0.1, 0.15) is 15.9 Å². The summed E-state index contributed by atoms with van der Waals surface area (Å²) < 4.78 is 5.37. The van der Waals surface area contributed by atoms with Crippen LogP contribution in [0.3, 0.4) is 0 Å². The molecule has 2 aromatic carbocycles. The summed E-state index contributed by atoms with van der Waals surface area (Å²) >= 11 is 0. The van der Waals surface area contributed by atoms with Gasteiger partial charge in [-0.05, 0) is 43.3 Å². The van der Waals surface area contributed by atoms with Crippen LogP contribution in [0.2, 0.25) is 0 Å². The van der Waals surface area contributed by atoms with Gasteiger partial charge in [0.1, 0.15) is 0 Å². The van der Waals surface area contributed by atoms with Gasteiger partial charge in [-0.3, -0.25) is 4.79 Å². The van der Waals surface area contributed by atoms with Crippen molar-refractivity contribution in [2.75, 3.05) is 36.5 Å². The van der Waals surface area contributed by atoms with E-state index in [0.29, 0.717) is 5.56 Å². The van der Waals surface area contributed by atoms with Gasteiger partial charge in [-0.15, -0.1) is 10.2 Å². The van der Waals surface area contributed by atoms with Gasteiger partial charge in [0.05, 0.1) is 18.9 Å². The largest absolute Gasteiger partial charge is 0.378 e. The van der Waals surface area contributed by atoms with Crippen LogP contribution >= 0.6 is 0 Å². The third-order valence-corrected chi connectivity index (χ3v) is 4.70. The number of nitrogens with one attached hydrogen (secondary N) is 1. The topological polar surface area (TPSA) is 67.4 Å². The molecular formula is C22H22N4O2. The lowest BCUT2D eigenvalue weighted by Gasteiger charge is -2.27. The van der Waals surface area contributed by atoms with Crippen molar-refractivity contribution in [3.05, 3.63) is 71.8 Å². The molecule has 3 aromatic rings. The standard InChI is InChI=1S/C22H22N4O2/c1-16-3-2-4-18(15-16)22(27)23-19-7-5-17(6-8-19)20-9-10-21(25-24-20)26-11-13-28-14-12-26/h2-10,15H,11-14H2,1H3,(H,23,27). The minimum atomic E-state index is -0.119. The Balaban J connectivity index is 1.43. The van der Waals surface area contributed by atoms with Gasteiger partial charge >= 0.3 is 0 Å². The Morgan fingerprint density at radius 3 is 2.46 bits per heavy atom. The SMILES string of the molecule is Cc1cccc(C(=O)Nc2ccc(-c3ccc(N4CCOCC4)nn3)cc2)c1. The van der Waals surface area contributed by atoms with Gasteiger partial charge in [-0.25, -0.2) is 0 Å². The molecule has 1 aromatic heterocycles. The number of amides is 1. The summed E-state index contributed by atoms with van der Waals surface area (Å²) in [5.41, 5.74) is 4.20. The molecular weight excluding hydrogens is 352 g/mol. The maximum atomic E-state index is 12.4. The van der Waals surface area contributed by atoms with Crippen LogP contribution in [-0.2, 0) is 4.74 Å². The number of ether oxygens (including phenoxy) is 1. The lowest BCUT2D eigenvalue weighted by molar-refractivity contribution is 0.102. The number of anilines is 2. The van der Waals surface area contributed by atoms with Crippen molar-refractivity contribution >= 4 is 17.4 Å². The molecule has 1 amide bonds. The third kappa shape index (κ3) is 4.18. The molecule has 0 saturated carbocycles. The molecule has 0 spiro atoms. The van der Waals surface area contributed by atoms with Gasteiger partial charge in [0.2, 0.25) is 0 Å². The molecule has 142 valence electrons. The molecule has 0 atom stereocenters. The van der Waals surface area contributed by atoms with Crippen molar-refractivity contribution in [2.24, 2.45) is 0 Å². The van der Waals surface area contributed by atoms with Crippen molar-refractivity contribution in [2.45, 2.75) is 6.92 Å². The quantitative estimate of drug-likeness (QED) is 0.757. The number of rotatable bonds is 4. The van der Waals surface area contributed by atoms with E-state index in [-0.39, 0.29) is 5.91 Å². The number of benzene rings is 2. The average Bonchev–Trinajstić information content (AvgIpc) is 2.75. The van der Waals surface area contributed by atoms with E-state index >= 15 is 0 Å². The predicted octanol–water partition coefficient (Wildman–Crippen LogP) is 3.54. The van der Waals surface area contributed by atoms with Crippen molar-refractivity contribution in [3.63, 3.8) is 0 Å². The predicted molar refractivity (Wildman–Crippen MR) is 110 cm³/mol. The molecule has 0 aliphatic carbocycles. The Hall–Kier alpha value is -3.25. The molecule has 1 saturated heterocycles. The van der Waals surface area contributed by atoms with E-state index in [9.17, 15) is 4.79 Å². The molecule has 0 unspecified atom stereocenters. The first-order valence-electron chi connectivity index (χ1n) is 9.34. The van der Waals surface area contributed by atoms with Crippen LogP contribution in [0.15, 0.2) is 60.7 Å². The van der Waals surface area contributed by atoms with Gasteiger partial charge in [0.15, 0.2) is 5.82 Å². The molecule has 6 nitrogen and oxygen atoms in total. The summed E-state index contributed by atoms with van der Waals surface area (Å²) in [4.78, 5) is 14.5. The lowest BCUT2D eigenvalue weighted by Crippen LogP contribution is -2.36. The molecule has 1 aliphatic rings. The molecule has 1 fully saturated rings. The number of carbonyl (C=O) groups excluding carboxylic acids is 1. The van der Waals surface area contributed by atoms with E-state index < -0.39 is 0 Å². The summed E-state index contributed by atoms with van der Waals surface area (Å²) in [7, 11) is 0. The van der Waals surface area contributed by atoms with Gasteiger partial charge in [0.25, 0.3) is 5.91 Å². The highest BCUT2D eigenvalue weighted by Crippen LogP contribution is 2.21. The zero-order chi connectivity index (χ0) is 19.3. The minimum absolute atomic E-state index is 0.119. The number of carbonyl (C=O) groups is 1. The van der Waals surface area contributed by atoms with E-state index in [2.05, 4.69) is 20.4 Å². The van der Waals surface area contributed by atoms with Gasteiger partial charge < -0.3 is 15.0 Å². The fraction of sp³-hybridized carbons (Fsp3) is 0.227. The van der Waals surface area contributed by atoms with Gasteiger partial charge in [-0.2, -0.15) is 0 Å². The van der Waals surface area contributed by atoms with Crippen molar-refractivity contribution in [1.29, 1.82) is 0 Å². The lowest BCUT2D eigenvalue weighted by atomic mass is 10.1. The normalized spacial score (nSPS) is 14.0. The molecule has 1 N–H and O–H groups in total. The van der Waals surface area contributed by atoms with Crippen molar-refractivity contribution in [3.8, 4) is 11.3 Å². The summed E-state index contributed by atoms with van der Waals surface area (Å²) in [6.07, 6.45) is 0. The second-order valence-electron chi connectivity index (χ2n) is 6.78. The highest BCUT2D eigenvalue weighted by Gasteiger charge is 2.13. The molecule has 4 rings (SSSR count). The van der Waals surface area contributed by atoms with Gasteiger partial charge in [-0.1, -0.05) is 29.8 Å². The average molecular weight is 374 g/mol. The van der Waals surface area contributed by atoms with E-state index in [1.807, 2.05) is 67.6 Å². The number of hydrogen-bond acceptors (Lipinski definition) is 5. The van der Waals surface area contributed by atoms with Crippen LogP contribution in [0.25, 0.3) is 11.3 Å². The Morgan fingerprint density at radius 2 is 1.79 bits per heavy atom. The van der Waals surface area contributed by atoms with Crippen LogP contribution in [0.5, 0.6) is 0 Å². The van der Waals surface area contributed by atoms with E-state index in [1.54, 1.807) is 0 Å². The molecule has 2 heterocycles. The smallest absolute Gasteiger partial charge is 0.255 e. The van der Waals surface area contributed by atoms with E-state index in [0.717, 1.165) is 54.6 Å². The number of nitrogens with zero attached hydrogens (tertiary/aromatic N) is 3. The fourth-order valence-corrected chi connectivity index (χ4v) is 3.15. The second-order valence-corrected chi connectivity index (χ2v) is 6.78. The highest BCUT2D eigenvalue weighted by molar-refractivity contribution is 6.04. The number of aromatic nitrogens is 2. The molecule has 0 radical (unpaired) electrons. The molecule has 6 heteroatoms. The van der Waals surface area contributed by atoms with Crippen LogP contribution in [0, 0.1) is 6.92 Å². The number of hydrogen-bond donors (Lipinski definition) is 1. The Labute approximate surface area is 164 Å². The van der Waals surface area contributed by atoms with Crippen LogP contribution in [0.4, 0.5) is 11.5 Å². The Bertz CT molecular complexity index is 949. The Morgan fingerprint density at radius 1 is 1.00 bits per heavy atom. The zero-order valence-electron chi connectivity index (χ0n) is 15.8. The van der Waals surface area contributed by atoms with E-state index in [4.69, 9.17) is 4.74 Å². The maximum Gasteiger partial charge on any atom is 0.255 e. The summed E-state index contributed by atoms with van der Waals surface area (Å²) in [5.74, 6) is 0.750. The molecule has 0 bridgehead atoms. The van der Waals surface area contributed by atoms with Crippen molar-refractivity contribution in [1.82, 2.24) is 10.2 Å². The number of aryl methyl sites for hydroxylation is 1. The first kappa shape index (κ1) is 18.1. The van der Waals surface area contributed by atoms with Crippen molar-refractivity contribution < 1.29 is 9.53 Å². The highest BCUT2D eigenvalue weighted by atomic mass is 16.5. The minimum Gasteiger partial charge on any atom is -0.378 e. The molecule has 1 aliphatic heterocycles. The second kappa shape index (κ2) is 8.19. The third-order valence-electron chi connectivity index (χ3n) is 4.70. The first-order chi connectivity index (χ1) is 13.7. The fourth-order valence-electron chi connectivity index (χ4n) is 3.15. The molecule has 28 heavy (non-hydrogen) atoms. The first-order valence-corrected chi connectivity index (χ1v) is 9.34. The van der Waals surface area contributed by atoms with E-state index in [1.165, 1.54) is 0 Å². The summed E-state index contributed by atoms with van der Waals surface area (Å²) in [6, 6.07) is 19.1. The number of morpholine rings is 1. The monoisotopic (exact) mass is 374 g/mol. The van der Waals surface area contributed by atoms with Crippen LogP contribution < -0.4 is 10.2 Å².